The molecule has 0 aliphatic heterocycles. The Morgan fingerprint density at radius 2 is 1.84 bits per heavy atom. The van der Waals surface area contributed by atoms with Gasteiger partial charge in [0.1, 0.15) is 5.75 Å². The van der Waals surface area contributed by atoms with E-state index in [1.54, 1.807) is 0 Å². The topological polar surface area (TPSA) is 50.7 Å². The highest BCUT2D eigenvalue weighted by atomic mass is 19.4. The maximum absolute atomic E-state index is 12.5. The number of nitrogens with zero attached hydrogens (tertiary/aromatic N) is 1. The highest BCUT2D eigenvalue weighted by molar-refractivity contribution is 5.83. The predicted octanol–water partition coefficient (Wildman–Crippen LogP) is 3.85. The van der Waals surface area contributed by atoms with Crippen molar-refractivity contribution in [2.24, 2.45) is 5.10 Å². The molecule has 0 aliphatic carbocycles. The first kappa shape index (κ1) is 18.5. The average Bonchev–Trinajstić information content (AvgIpc) is 2.55. The van der Waals surface area contributed by atoms with Crippen LogP contribution in [0, 0.1) is 13.8 Å². The van der Waals surface area contributed by atoms with E-state index < -0.39 is 17.6 Å². The molecule has 2 aromatic rings. The minimum atomic E-state index is -4.38. The summed E-state index contributed by atoms with van der Waals surface area (Å²) in [5.41, 5.74) is 3.88. The molecule has 0 spiro atoms. The van der Waals surface area contributed by atoms with Crippen molar-refractivity contribution in [3.8, 4) is 5.75 Å². The van der Waals surface area contributed by atoms with E-state index in [2.05, 4.69) is 10.5 Å². The van der Waals surface area contributed by atoms with Crippen molar-refractivity contribution in [2.75, 3.05) is 6.61 Å². The fourth-order valence-corrected chi connectivity index (χ4v) is 1.98. The lowest BCUT2D eigenvalue weighted by Gasteiger charge is -2.08. The van der Waals surface area contributed by atoms with Gasteiger partial charge in [0.15, 0.2) is 6.61 Å². The van der Waals surface area contributed by atoms with Gasteiger partial charge in [-0.1, -0.05) is 24.3 Å². The third-order valence-electron chi connectivity index (χ3n) is 3.34. The number of benzene rings is 2. The zero-order valence-electron chi connectivity index (χ0n) is 13.7. The van der Waals surface area contributed by atoms with Gasteiger partial charge in [0.05, 0.1) is 11.8 Å². The number of hydrogen-bond acceptors (Lipinski definition) is 3. The van der Waals surface area contributed by atoms with Crippen LogP contribution in [-0.4, -0.2) is 18.7 Å². The third kappa shape index (κ3) is 5.63. The summed E-state index contributed by atoms with van der Waals surface area (Å²) in [5, 5.41) is 3.70. The normalized spacial score (nSPS) is 11.6. The van der Waals surface area contributed by atoms with Gasteiger partial charge in [-0.2, -0.15) is 18.3 Å². The Kier molecular flexibility index (Phi) is 5.80. The van der Waals surface area contributed by atoms with E-state index in [1.807, 2.05) is 32.0 Å². The molecular weight excluding hydrogens is 333 g/mol. The molecule has 0 radical (unpaired) electrons. The number of hydrazone groups is 1. The molecule has 0 saturated carbocycles. The second-order valence-corrected chi connectivity index (χ2v) is 5.47. The van der Waals surface area contributed by atoms with Gasteiger partial charge in [-0.05, 0) is 48.7 Å². The van der Waals surface area contributed by atoms with Crippen LogP contribution in [0.25, 0.3) is 0 Å². The number of carbonyl (C=O) groups is 1. The Hall–Kier alpha value is -2.83. The van der Waals surface area contributed by atoms with Gasteiger partial charge in [-0.3, -0.25) is 4.79 Å². The lowest BCUT2D eigenvalue weighted by atomic mass is 10.1. The smallest absolute Gasteiger partial charge is 0.416 e. The van der Waals surface area contributed by atoms with Crippen LogP contribution in [0.5, 0.6) is 5.75 Å². The Labute approximate surface area is 143 Å². The SMILES string of the molecule is Cc1ccc(C)c(OCC(=O)N/N=C\c2ccc(C(F)(F)F)cc2)c1. The van der Waals surface area contributed by atoms with Crippen molar-refractivity contribution < 1.29 is 22.7 Å². The van der Waals surface area contributed by atoms with Gasteiger partial charge in [-0.15, -0.1) is 0 Å². The Morgan fingerprint density at radius 1 is 1.16 bits per heavy atom. The highest BCUT2D eigenvalue weighted by Gasteiger charge is 2.29. The van der Waals surface area contributed by atoms with E-state index in [9.17, 15) is 18.0 Å². The molecule has 0 aromatic heterocycles. The Morgan fingerprint density at radius 3 is 2.48 bits per heavy atom. The van der Waals surface area contributed by atoms with Gasteiger partial charge >= 0.3 is 6.18 Å². The third-order valence-corrected chi connectivity index (χ3v) is 3.34. The van der Waals surface area contributed by atoms with Gasteiger partial charge in [0.25, 0.3) is 5.91 Å². The van der Waals surface area contributed by atoms with Crippen LogP contribution in [0.1, 0.15) is 22.3 Å². The van der Waals surface area contributed by atoms with Gasteiger partial charge < -0.3 is 4.74 Å². The van der Waals surface area contributed by atoms with Crippen LogP contribution < -0.4 is 10.2 Å². The fraction of sp³-hybridized carbons (Fsp3) is 0.222. The molecular formula is C18H17F3N2O2. The minimum absolute atomic E-state index is 0.214. The maximum Gasteiger partial charge on any atom is 0.416 e. The number of amides is 1. The molecule has 25 heavy (non-hydrogen) atoms. The second kappa shape index (κ2) is 7.83. The molecule has 0 fully saturated rings. The first-order chi connectivity index (χ1) is 11.8. The number of hydrogen-bond donors (Lipinski definition) is 1. The van der Waals surface area contributed by atoms with Crippen LogP contribution in [0.3, 0.4) is 0 Å². The van der Waals surface area contributed by atoms with E-state index in [-0.39, 0.29) is 6.61 Å². The van der Waals surface area contributed by atoms with E-state index in [1.165, 1.54) is 18.3 Å². The molecule has 132 valence electrons. The minimum Gasteiger partial charge on any atom is -0.483 e. The summed E-state index contributed by atoms with van der Waals surface area (Å²) in [6.45, 7) is 3.57. The summed E-state index contributed by atoms with van der Waals surface area (Å²) in [5.74, 6) is 0.144. The molecule has 2 rings (SSSR count). The quantitative estimate of drug-likeness (QED) is 0.658. The molecule has 0 atom stereocenters. The van der Waals surface area contributed by atoms with Gasteiger partial charge in [0, 0.05) is 0 Å². The molecule has 0 unspecified atom stereocenters. The summed E-state index contributed by atoms with van der Waals surface area (Å²) < 4.78 is 42.8. The molecule has 1 N–H and O–H groups in total. The lowest BCUT2D eigenvalue weighted by molar-refractivity contribution is -0.137. The maximum atomic E-state index is 12.5. The number of alkyl halides is 3. The molecule has 0 aliphatic rings. The van der Waals surface area contributed by atoms with E-state index in [0.29, 0.717) is 11.3 Å². The summed E-state index contributed by atoms with van der Waals surface area (Å²) in [7, 11) is 0. The molecule has 1 amide bonds. The van der Waals surface area contributed by atoms with E-state index in [4.69, 9.17) is 4.74 Å². The first-order valence-corrected chi connectivity index (χ1v) is 7.45. The highest BCUT2D eigenvalue weighted by Crippen LogP contribution is 2.28. The monoisotopic (exact) mass is 350 g/mol. The number of aryl methyl sites for hydroxylation is 2. The largest absolute Gasteiger partial charge is 0.483 e. The molecule has 0 saturated heterocycles. The van der Waals surface area contributed by atoms with Gasteiger partial charge in [-0.25, -0.2) is 5.43 Å². The zero-order valence-corrected chi connectivity index (χ0v) is 13.7. The van der Waals surface area contributed by atoms with Crippen molar-refractivity contribution in [2.45, 2.75) is 20.0 Å². The number of nitrogens with one attached hydrogen (secondary N) is 1. The van der Waals surface area contributed by atoms with E-state index >= 15 is 0 Å². The molecule has 4 nitrogen and oxygen atoms in total. The van der Waals surface area contributed by atoms with Crippen LogP contribution in [0.15, 0.2) is 47.6 Å². The predicted molar refractivity (Wildman–Crippen MR) is 88.6 cm³/mol. The zero-order chi connectivity index (χ0) is 18.4. The van der Waals surface area contributed by atoms with Crippen molar-refractivity contribution in [1.29, 1.82) is 0 Å². The molecule has 0 bridgehead atoms. The van der Waals surface area contributed by atoms with Crippen molar-refractivity contribution in [3.05, 3.63) is 64.7 Å². The second-order valence-electron chi connectivity index (χ2n) is 5.47. The summed E-state index contributed by atoms with van der Waals surface area (Å²) in [6.07, 6.45) is -3.12. The number of ether oxygens (including phenoxy) is 1. The fourth-order valence-electron chi connectivity index (χ4n) is 1.98. The van der Waals surface area contributed by atoms with Crippen molar-refractivity contribution in [1.82, 2.24) is 5.43 Å². The van der Waals surface area contributed by atoms with Crippen LogP contribution >= 0.6 is 0 Å². The summed E-state index contributed by atoms with van der Waals surface area (Å²) in [6, 6.07) is 10.1. The van der Waals surface area contributed by atoms with Crippen LogP contribution in [0.2, 0.25) is 0 Å². The van der Waals surface area contributed by atoms with Gasteiger partial charge in [0.2, 0.25) is 0 Å². The number of halogens is 3. The van der Waals surface area contributed by atoms with Crippen LogP contribution in [-0.2, 0) is 11.0 Å². The van der Waals surface area contributed by atoms with E-state index in [0.717, 1.165) is 23.3 Å². The number of rotatable bonds is 5. The Bertz CT molecular complexity index is 769. The first-order valence-electron chi connectivity index (χ1n) is 7.45. The summed E-state index contributed by atoms with van der Waals surface area (Å²) >= 11 is 0. The van der Waals surface area contributed by atoms with Crippen LogP contribution in [0.4, 0.5) is 13.2 Å². The lowest BCUT2D eigenvalue weighted by Crippen LogP contribution is -2.24. The van der Waals surface area contributed by atoms with Crippen molar-refractivity contribution in [3.63, 3.8) is 0 Å². The summed E-state index contributed by atoms with van der Waals surface area (Å²) in [4.78, 5) is 11.7. The average molecular weight is 350 g/mol. The molecule has 2 aromatic carbocycles. The standard InChI is InChI=1S/C18H17F3N2O2/c1-12-3-4-13(2)16(9-12)25-11-17(24)23-22-10-14-5-7-15(8-6-14)18(19,20)21/h3-10H,11H2,1-2H3,(H,23,24)/b22-10-. The Balaban J connectivity index is 1.85. The number of carbonyl (C=O) groups excluding carboxylic acids is 1. The molecule has 0 heterocycles. The molecule has 7 heteroatoms. The van der Waals surface area contributed by atoms with Crippen molar-refractivity contribution >= 4 is 12.1 Å².